The van der Waals surface area contributed by atoms with Gasteiger partial charge in [-0.15, -0.1) is 10.2 Å². The third-order valence-corrected chi connectivity index (χ3v) is 2.31. The summed E-state index contributed by atoms with van der Waals surface area (Å²) in [5.41, 5.74) is 0. The minimum atomic E-state index is 0.884. The van der Waals surface area contributed by atoms with Gasteiger partial charge in [0.1, 0.15) is 5.82 Å². The summed E-state index contributed by atoms with van der Waals surface area (Å²) < 4.78 is 2.14. The Bertz CT molecular complexity index is 281. The van der Waals surface area contributed by atoms with E-state index in [-0.39, 0.29) is 0 Å². The molecule has 0 atom stereocenters. The molecule has 2 N–H and O–H groups in total. The van der Waals surface area contributed by atoms with Crippen LogP contribution in [0.1, 0.15) is 26.1 Å². The van der Waals surface area contributed by atoms with E-state index in [1.54, 1.807) is 0 Å². The van der Waals surface area contributed by atoms with Crippen molar-refractivity contribution in [2.45, 2.75) is 33.2 Å². The number of nitrogens with one attached hydrogen (secondary N) is 2. The largest absolute Gasteiger partial charge is 0.355 e. The lowest BCUT2D eigenvalue weighted by Gasteiger charge is -2.07. The molecule has 0 fully saturated rings. The average molecular weight is 211 g/mol. The minimum absolute atomic E-state index is 0.884. The molecular weight excluding hydrogens is 190 g/mol. The summed E-state index contributed by atoms with van der Waals surface area (Å²) in [6.07, 6.45) is 2.08. The van der Waals surface area contributed by atoms with E-state index in [1.807, 2.05) is 7.05 Å². The molecule has 0 unspecified atom stereocenters. The van der Waals surface area contributed by atoms with E-state index in [1.165, 1.54) is 0 Å². The summed E-state index contributed by atoms with van der Waals surface area (Å²) in [6, 6.07) is 0. The van der Waals surface area contributed by atoms with Crippen molar-refractivity contribution in [2.24, 2.45) is 0 Å². The van der Waals surface area contributed by atoms with Crippen LogP contribution in [0, 0.1) is 0 Å². The van der Waals surface area contributed by atoms with Crippen LogP contribution in [0.2, 0.25) is 0 Å². The molecule has 1 aromatic heterocycles. The Hall–Kier alpha value is -1.10. The first kappa shape index (κ1) is 12.0. The van der Waals surface area contributed by atoms with E-state index in [0.717, 1.165) is 44.2 Å². The van der Waals surface area contributed by atoms with Crippen molar-refractivity contribution >= 4 is 5.95 Å². The van der Waals surface area contributed by atoms with E-state index in [9.17, 15) is 0 Å². The van der Waals surface area contributed by atoms with Crippen LogP contribution in [0.5, 0.6) is 0 Å². The van der Waals surface area contributed by atoms with Gasteiger partial charge in [-0.2, -0.15) is 0 Å². The fraction of sp³-hybridized carbons (Fsp3) is 0.800. The molecule has 0 spiro atoms. The molecule has 0 aromatic carbocycles. The van der Waals surface area contributed by atoms with Gasteiger partial charge in [-0.25, -0.2) is 0 Å². The van der Waals surface area contributed by atoms with Gasteiger partial charge in [0.2, 0.25) is 5.95 Å². The van der Waals surface area contributed by atoms with Gasteiger partial charge < -0.3 is 10.6 Å². The van der Waals surface area contributed by atoms with Gasteiger partial charge in [-0.05, 0) is 33.9 Å². The lowest BCUT2D eigenvalue weighted by Crippen LogP contribution is -2.12. The van der Waals surface area contributed by atoms with Crippen molar-refractivity contribution in [1.29, 1.82) is 0 Å². The van der Waals surface area contributed by atoms with Gasteiger partial charge in [0, 0.05) is 19.5 Å². The maximum atomic E-state index is 4.20. The van der Waals surface area contributed by atoms with E-state index < -0.39 is 0 Å². The van der Waals surface area contributed by atoms with Crippen LogP contribution >= 0.6 is 0 Å². The van der Waals surface area contributed by atoms with Crippen molar-refractivity contribution in [3.63, 3.8) is 0 Å². The van der Waals surface area contributed by atoms with Crippen LogP contribution < -0.4 is 10.6 Å². The molecule has 0 aliphatic heterocycles. The number of aryl methyl sites for hydroxylation is 1. The molecule has 0 radical (unpaired) electrons. The van der Waals surface area contributed by atoms with E-state index in [0.29, 0.717) is 0 Å². The summed E-state index contributed by atoms with van der Waals surface area (Å²) >= 11 is 0. The zero-order chi connectivity index (χ0) is 11.1. The smallest absolute Gasteiger partial charge is 0.224 e. The zero-order valence-corrected chi connectivity index (χ0v) is 9.88. The van der Waals surface area contributed by atoms with E-state index >= 15 is 0 Å². The summed E-state index contributed by atoms with van der Waals surface area (Å²) in [5.74, 6) is 1.96. The summed E-state index contributed by atoms with van der Waals surface area (Å²) in [6.45, 7) is 7.01. The van der Waals surface area contributed by atoms with Crippen molar-refractivity contribution < 1.29 is 0 Å². The van der Waals surface area contributed by atoms with Gasteiger partial charge >= 0.3 is 0 Å². The lowest BCUT2D eigenvalue weighted by atomic mass is 10.3. The Morgan fingerprint density at radius 3 is 2.67 bits per heavy atom. The molecule has 15 heavy (non-hydrogen) atoms. The first-order valence-electron chi connectivity index (χ1n) is 5.64. The maximum Gasteiger partial charge on any atom is 0.224 e. The molecular formula is C10H21N5. The number of rotatable bonds is 7. The second kappa shape index (κ2) is 6.40. The second-order valence-corrected chi connectivity index (χ2v) is 3.42. The number of hydrogen-bond acceptors (Lipinski definition) is 4. The van der Waals surface area contributed by atoms with Crippen LogP contribution in [0.25, 0.3) is 0 Å². The standard InChI is InChI=1S/C10H21N5/c1-4-12-10-14-13-9(15(10)5-2)7-6-8-11-3/h11H,4-8H2,1-3H3,(H,12,14). The van der Waals surface area contributed by atoms with Crippen molar-refractivity contribution in [2.75, 3.05) is 25.5 Å². The minimum Gasteiger partial charge on any atom is -0.355 e. The monoisotopic (exact) mass is 211 g/mol. The van der Waals surface area contributed by atoms with Crippen LogP contribution in [-0.2, 0) is 13.0 Å². The van der Waals surface area contributed by atoms with Gasteiger partial charge in [-0.1, -0.05) is 0 Å². The first-order chi connectivity index (χ1) is 7.33. The molecule has 86 valence electrons. The van der Waals surface area contributed by atoms with Gasteiger partial charge in [0.15, 0.2) is 0 Å². The van der Waals surface area contributed by atoms with E-state index in [2.05, 4.69) is 39.2 Å². The second-order valence-electron chi connectivity index (χ2n) is 3.42. The molecule has 1 aromatic rings. The highest BCUT2D eigenvalue weighted by molar-refractivity contribution is 5.25. The highest BCUT2D eigenvalue weighted by atomic mass is 15.3. The highest BCUT2D eigenvalue weighted by Crippen LogP contribution is 2.08. The number of anilines is 1. The maximum absolute atomic E-state index is 4.20. The predicted molar refractivity (Wildman–Crippen MR) is 62.1 cm³/mol. The third kappa shape index (κ3) is 3.20. The Morgan fingerprint density at radius 1 is 1.27 bits per heavy atom. The molecule has 0 aliphatic rings. The van der Waals surface area contributed by atoms with Crippen LogP contribution in [-0.4, -0.2) is 34.9 Å². The molecule has 0 saturated carbocycles. The fourth-order valence-electron chi connectivity index (χ4n) is 1.56. The molecule has 5 nitrogen and oxygen atoms in total. The number of hydrogen-bond donors (Lipinski definition) is 2. The van der Waals surface area contributed by atoms with Crippen LogP contribution in [0.3, 0.4) is 0 Å². The SMILES string of the molecule is CCNc1nnc(CCCNC)n1CC. The van der Waals surface area contributed by atoms with Gasteiger partial charge in [0.05, 0.1) is 0 Å². The van der Waals surface area contributed by atoms with Gasteiger partial charge in [0.25, 0.3) is 0 Å². The topological polar surface area (TPSA) is 54.8 Å². The summed E-state index contributed by atoms with van der Waals surface area (Å²) in [7, 11) is 1.97. The third-order valence-electron chi connectivity index (χ3n) is 2.31. The van der Waals surface area contributed by atoms with Crippen LogP contribution in [0.4, 0.5) is 5.95 Å². The summed E-state index contributed by atoms with van der Waals surface area (Å²) in [5, 5.41) is 14.7. The average Bonchev–Trinajstić information content (AvgIpc) is 2.62. The van der Waals surface area contributed by atoms with Crippen LogP contribution in [0.15, 0.2) is 0 Å². The highest BCUT2D eigenvalue weighted by Gasteiger charge is 2.08. The normalized spacial score (nSPS) is 10.6. The lowest BCUT2D eigenvalue weighted by molar-refractivity contribution is 0.649. The van der Waals surface area contributed by atoms with Crippen molar-refractivity contribution in [3.8, 4) is 0 Å². The molecule has 1 rings (SSSR count). The Labute approximate surface area is 91.3 Å². The van der Waals surface area contributed by atoms with Crippen molar-refractivity contribution in [3.05, 3.63) is 5.82 Å². The molecule has 0 aliphatic carbocycles. The molecule has 1 heterocycles. The molecule has 5 heteroatoms. The van der Waals surface area contributed by atoms with Crippen molar-refractivity contribution in [1.82, 2.24) is 20.1 Å². The number of nitrogens with zero attached hydrogens (tertiary/aromatic N) is 3. The Morgan fingerprint density at radius 2 is 2.07 bits per heavy atom. The molecule has 0 saturated heterocycles. The Kier molecular flexibility index (Phi) is 5.10. The zero-order valence-electron chi connectivity index (χ0n) is 9.88. The predicted octanol–water partition coefficient (Wildman–Crippen LogP) is 0.882. The molecule has 0 bridgehead atoms. The van der Waals surface area contributed by atoms with E-state index in [4.69, 9.17) is 0 Å². The summed E-state index contributed by atoms with van der Waals surface area (Å²) in [4.78, 5) is 0. The fourth-order valence-corrected chi connectivity index (χ4v) is 1.56. The number of aromatic nitrogens is 3. The van der Waals surface area contributed by atoms with Gasteiger partial charge in [-0.3, -0.25) is 4.57 Å². The molecule has 0 amide bonds. The quantitative estimate of drug-likeness (QED) is 0.657. The Balaban J connectivity index is 2.62. The first-order valence-corrected chi connectivity index (χ1v) is 5.64.